The monoisotopic (exact) mass is 525 g/mol. The predicted octanol–water partition coefficient (Wildman–Crippen LogP) is 5.79. The summed E-state index contributed by atoms with van der Waals surface area (Å²) in [5, 5.41) is 13.8. The highest BCUT2D eigenvalue weighted by atomic mass is 16.5. The first-order chi connectivity index (χ1) is 17.9. The van der Waals surface area contributed by atoms with Gasteiger partial charge in [-0.05, 0) is 72.3 Å². The van der Waals surface area contributed by atoms with Crippen LogP contribution in [0.3, 0.4) is 0 Å². The SMILES string of the molecule is CCCCNC(=O)C(C)C[C@H](O)[C@@H](N)C[C@H](Cc1ccc(C(C)(C)C)c(OCc2ccccn2)c1)C(C)C. The van der Waals surface area contributed by atoms with Crippen molar-refractivity contribution >= 4 is 5.91 Å². The molecule has 0 radical (unpaired) electrons. The van der Waals surface area contributed by atoms with Gasteiger partial charge in [-0.2, -0.15) is 0 Å². The highest BCUT2D eigenvalue weighted by Gasteiger charge is 2.27. The number of aliphatic hydroxyl groups is 1. The molecule has 4 atom stereocenters. The Morgan fingerprint density at radius 3 is 2.47 bits per heavy atom. The molecule has 0 aliphatic carbocycles. The van der Waals surface area contributed by atoms with E-state index in [4.69, 9.17) is 10.5 Å². The number of carbonyl (C=O) groups excluding carboxylic acids is 1. The van der Waals surface area contributed by atoms with Crippen molar-refractivity contribution in [2.45, 2.75) is 105 Å². The topological polar surface area (TPSA) is 97.5 Å². The molecule has 0 bridgehead atoms. The van der Waals surface area contributed by atoms with Gasteiger partial charge < -0.3 is 20.9 Å². The van der Waals surface area contributed by atoms with Crippen molar-refractivity contribution < 1.29 is 14.6 Å². The van der Waals surface area contributed by atoms with Crippen molar-refractivity contribution in [1.29, 1.82) is 0 Å². The highest BCUT2D eigenvalue weighted by molar-refractivity contribution is 5.78. The number of amides is 1. The number of ether oxygens (including phenoxy) is 1. The highest BCUT2D eigenvalue weighted by Crippen LogP contribution is 2.34. The second-order valence-corrected chi connectivity index (χ2v) is 12.1. The van der Waals surface area contributed by atoms with Gasteiger partial charge in [0.15, 0.2) is 0 Å². The van der Waals surface area contributed by atoms with E-state index in [-0.39, 0.29) is 29.2 Å². The van der Waals surface area contributed by atoms with Gasteiger partial charge >= 0.3 is 0 Å². The average molecular weight is 526 g/mol. The molecule has 2 aromatic rings. The van der Waals surface area contributed by atoms with Crippen molar-refractivity contribution in [3.63, 3.8) is 0 Å². The fraction of sp³-hybridized carbons (Fsp3) is 0.625. The van der Waals surface area contributed by atoms with E-state index >= 15 is 0 Å². The molecule has 1 aromatic heterocycles. The molecule has 6 heteroatoms. The number of unbranched alkanes of at least 4 members (excludes halogenated alkanes) is 1. The molecule has 1 aromatic carbocycles. The van der Waals surface area contributed by atoms with E-state index in [9.17, 15) is 9.90 Å². The molecule has 0 aliphatic rings. The Labute approximate surface area is 230 Å². The Balaban J connectivity index is 2.08. The van der Waals surface area contributed by atoms with E-state index in [0.717, 1.165) is 36.3 Å². The third-order valence-corrected chi connectivity index (χ3v) is 7.34. The minimum atomic E-state index is -0.719. The van der Waals surface area contributed by atoms with Gasteiger partial charge in [0.05, 0.1) is 11.8 Å². The lowest BCUT2D eigenvalue weighted by atomic mass is 9.81. The Bertz CT molecular complexity index is 972. The van der Waals surface area contributed by atoms with Crippen LogP contribution in [0, 0.1) is 17.8 Å². The standard InChI is InChI=1S/C32H51N3O3/c1-8-9-15-35-31(37)23(4)17-29(36)28(33)20-25(22(2)3)18-24-13-14-27(32(5,6)7)30(19-24)38-21-26-12-10-11-16-34-26/h10-14,16,19,22-23,25,28-29,36H,8-9,15,17-18,20-21,33H2,1-7H3,(H,35,37)/t23?,25-,28-,29-/m0/s1. The van der Waals surface area contributed by atoms with E-state index in [1.165, 1.54) is 5.56 Å². The molecule has 0 saturated carbocycles. The zero-order valence-corrected chi connectivity index (χ0v) is 24.7. The van der Waals surface area contributed by atoms with Crippen molar-refractivity contribution in [2.24, 2.45) is 23.5 Å². The van der Waals surface area contributed by atoms with Crippen LogP contribution in [0.1, 0.15) is 91.0 Å². The summed E-state index contributed by atoms with van der Waals surface area (Å²) in [6.07, 6.45) is 4.96. The van der Waals surface area contributed by atoms with Crippen molar-refractivity contribution in [1.82, 2.24) is 10.3 Å². The molecule has 2 rings (SSSR count). The summed E-state index contributed by atoms with van der Waals surface area (Å²) in [5.74, 6) is 1.28. The van der Waals surface area contributed by atoms with Crippen molar-refractivity contribution in [3.05, 3.63) is 59.4 Å². The molecule has 212 valence electrons. The van der Waals surface area contributed by atoms with E-state index < -0.39 is 6.10 Å². The summed E-state index contributed by atoms with van der Waals surface area (Å²) in [7, 11) is 0. The predicted molar refractivity (Wildman–Crippen MR) is 156 cm³/mol. The number of benzene rings is 1. The summed E-state index contributed by atoms with van der Waals surface area (Å²) in [6, 6.07) is 12.0. The van der Waals surface area contributed by atoms with Crippen LogP contribution in [0.15, 0.2) is 42.6 Å². The second kappa shape index (κ2) is 15.2. The normalized spacial score (nSPS) is 15.1. The first kappa shape index (κ1) is 31.8. The fourth-order valence-electron chi connectivity index (χ4n) is 4.68. The molecule has 4 N–H and O–H groups in total. The molecule has 1 unspecified atom stereocenters. The Morgan fingerprint density at radius 2 is 1.87 bits per heavy atom. The van der Waals surface area contributed by atoms with E-state index in [1.807, 2.05) is 25.1 Å². The lowest BCUT2D eigenvalue weighted by Crippen LogP contribution is -2.41. The number of hydrogen-bond donors (Lipinski definition) is 3. The van der Waals surface area contributed by atoms with Crippen LogP contribution >= 0.6 is 0 Å². The van der Waals surface area contributed by atoms with Gasteiger partial charge in [0.1, 0.15) is 12.4 Å². The van der Waals surface area contributed by atoms with Crippen LogP contribution in [-0.2, 0) is 23.2 Å². The third kappa shape index (κ3) is 10.4. The number of carbonyl (C=O) groups is 1. The van der Waals surface area contributed by atoms with Gasteiger partial charge in [-0.1, -0.05) is 73.1 Å². The quantitative estimate of drug-likeness (QED) is 0.256. The number of rotatable bonds is 15. The minimum absolute atomic E-state index is 0.0118. The van der Waals surface area contributed by atoms with Crippen molar-refractivity contribution in [3.8, 4) is 5.75 Å². The number of hydrogen-bond acceptors (Lipinski definition) is 5. The molecular weight excluding hydrogens is 474 g/mol. The van der Waals surface area contributed by atoms with Crippen LogP contribution in [0.25, 0.3) is 0 Å². The maximum atomic E-state index is 12.3. The molecule has 1 amide bonds. The first-order valence-corrected chi connectivity index (χ1v) is 14.3. The summed E-state index contributed by atoms with van der Waals surface area (Å²) >= 11 is 0. The zero-order valence-electron chi connectivity index (χ0n) is 24.7. The molecule has 6 nitrogen and oxygen atoms in total. The molecule has 38 heavy (non-hydrogen) atoms. The fourth-order valence-corrected chi connectivity index (χ4v) is 4.68. The summed E-state index contributed by atoms with van der Waals surface area (Å²) < 4.78 is 6.29. The van der Waals surface area contributed by atoms with Crippen LogP contribution in [0.5, 0.6) is 5.75 Å². The molecule has 0 spiro atoms. The molecule has 0 fully saturated rings. The van der Waals surface area contributed by atoms with E-state index in [2.05, 4.69) is 70.0 Å². The van der Waals surface area contributed by atoms with Gasteiger partial charge in [-0.25, -0.2) is 0 Å². The largest absolute Gasteiger partial charge is 0.487 e. The number of aliphatic hydroxyl groups excluding tert-OH is 1. The van der Waals surface area contributed by atoms with Gasteiger partial charge in [0, 0.05) is 24.7 Å². The van der Waals surface area contributed by atoms with E-state index in [1.54, 1.807) is 6.20 Å². The van der Waals surface area contributed by atoms with Crippen LogP contribution in [0.4, 0.5) is 0 Å². The number of pyridine rings is 1. The Morgan fingerprint density at radius 1 is 1.13 bits per heavy atom. The molecule has 0 aliphatic heterocycles. The van der Waals surface area contributed by atoms with Gasteiger partial charge in [0.25, 0.3) is 0 Å². The average Bonchev–Trinajstić information content (AvgIpc) is 2.86. The van der Waals surface area contributed by atoms with Gasteiger partial charge in [0.2, 0.25) is 5.91 Å². The van der Waals surface area contributed by atoms with Crippen LogP contribution < -0.4 is 15.8 Å². The Kier molecular flexibility index (Phi) is 12.7. The first-order valence-electron chi connectivity index (χ1n) is 14.3. The van der Waals surface area contributed by atoms with Crippen LogP contribution in [-0.4, -0.2) is 34.7 Å². The summed E-state index contributed by atoms with van der Waals surface area (Å²) in [4.78, 5) is 16.7. The molecule has 0 saturated heterocycles. The van der Waals surface area contributed by atoms with Crippen molar-refractivity contribution in [2.75, 3.05) is 6.54 Å². The third-order valence-electron chi connectivity index (χ3n) is 7.34. The molecular formula is C32H51N3O3. The minimum Gasteiger partial charge on any atom is -0.487 e. The smallest absolute Gasteiger partial charge is 0.222 e. The number of nitrogens with zero attached hydrogens (tertiary/aromatic N) is 1. The molecule has 1 heterocycles. The lowest BCUT2D eigenvalue weighted by Gasteiger charge is -2.29. The van der Waals surface area contributed by atoms with Crippen LogP contribution in [0.2, 0.25) is 0 Å². The second-order valence-electron chi connectivity index (χ2n) is 12.1. The number of aromatic nitrogens is 1. The van der Waals surface area contributed by atoms with Gasteiger partial charge in [-0.3, -0.25) is 9.78 Å². The zero-order chi connectivity index (χ0) is 28.3. The number of nitrogens with one attached hydrogen (secondary N) is 1. The maximum absolute atomic E-state index is 12.3. The Hall–Kier alpha value is -2.44. The number of nitrogens with two attached hydrogens (primary N) is 1. The van der Waals surface area contributed by atoms with Gasteiger partial charge in [-0.15, -0.1) is 0 Å². The lowest BCUT2D eigenvalue weighted by molar-refractivity contribution is -0.125. The maximum Gasteiger partial charge on any atom is 0.222 e. The summed E-state index contributed by atoms with van der Waals surface area (Å²) in [5.41, 5.74) is 9.69. The van der Waals surface area contributed by atoms with E-state index in [0.29, 0.717) is 31.9 Å². The summed E-state index contributed by atoms with van der Waals surface area (Å²) in [6.45, 7) is 16.0.